The second kappa shape index (κ2) is 6.60. The van der Waals surface area contributed by atoms with Crippen molar-refractivity contribution in [2.24, 2.45) is 11.3 Å². The molecule has 1 saturated carbocycles. The van der Waals surface area contributed by atoms with Gasteiger partial charge in [0.05, 0.1) is 5.41 Å². The zero-order chi connectivity index (χ0) is 15.5. The van der Waals surface area contributed by atoms with E-state index in [1.807, 2.05) is 31.2 Å². The maximum atomic E-state index is 12.3. The summed E-state index contributed by atoms with van der Waals surface area (Å²) in [6, 6.07) is 7.86. The van der Waals surface area contributed by atoms with Gasteiger partial charge in [0, 0.05) is 16.9 Å². The molecule has 1 atom stereocenters. The molecule has 1 aromatic carbocycles. The van der Waals surface area contributed by atoms with Gasteiger partial charge in [0.15, 0.2) is 0 Å². The smallest absolute Gasteiger partial charge is 0.311 e. The average molecular weight is 354 g/mol. The minimum absolute atomic E-state index is 0.0548. The van der Waals surface area contributed by atoms with Gasteiger partial charge in [-0.05, 0) is 37.3 Å². The highest BCUT2D eigenvalue weighted by Crippen LogP contribution is 2.45. The second-order valence-corrected chi connectivity index (χ2v) is 6.56. The van der Waals surface area contributed by atoms with Crippen molar-refractivity contribution >= 4 is 27.8 Å². The van der Waals surface area contributed by atoms with E-state index in [1.54, 1.807) is 0 Å². The molecule has 0 aliphatic heterocycles. The summed E-state index contributed by atoms with van der Waals surface area (Å²) in [6.45, 7) is 2.22. The molecule has 1 aromatic rings. The Bertz CT molecular complexity index is 540. The van der Waals surface area contributed by atoms with Crippen molar-refractivity contribution in [3.05, 3.63) is 34.3 Å². The van der Waals surface area contributed by atoms with Gasteiger partial charge in [-0.25, -0.2) is 0 Å². The molecule has 2 rings (SSSR count). The Kier molecular flexibility index (Phi) is 5.04. The van der Waals surface area contributed by atoms with Crippen molar-refractivity contribution in [1.82, 2.24) is 5.32 Å². The summed E-state index contributed by atoms with van der Waals surface area (Å²) in [7, 11) is 0. The van der Waals surface area contributed by atoms with Crippen LogP contribution in [0.15, 0.2) is 28.7 Å². The fourth-order valence-corrected chi connectivity index (χ4v) is 2.82. The molecule has 21 heavy (non-hydrogen) atoms. The lowest BCUT2D eigenvalue weighted by Crippen LogP contribution is -2.38. The maximum Gasteiger partial charge on any atom is 0.311 e. The van der Waals surface area contributed by atoms with Crippen molar-refractivity contribution < 1.29 is 14.7 Å². The summed E-state index contributed by atoms with van der Waals surface area (Å²) in [5, 5.41) is 11.9. The largest absolute Gasteiger partial charge is 0.481 e. The highest BCUT2D eigenvalue weighted by atomic mass is 79.9. The minimum Gasteiger partial charge on any atom is -0.481 e. The zero-order valence-corrected chi connectivity index (χ0v) is 13.6. The number of carbonyl (C=O) groups is 2. The van der Waals surface area contributed by atoms with Gasteiger partial charge in [-0.1, -0.05) is 41.1 Å². The summed E-state index contributed by atoms with van der Waals surface area (Å²) in [5.41, 5.74) is 0.389. The van der Waals surface area contributed by atoms with Crippen LogP contribution in [0.2, 0.25) is 0 Å². The van der Waals surface area contributed by atoms with E-state index in [9.17, 15) is 9.59 Å². The molecule has 0 saturated heterocycles. The molecular weight excluding hydrogens is 334 g/mol. The van der Waals surface area contributed by atoms with E-state index >= 15 is 0 Å². The van der Waals surface area contributed by atoms with Crippen molar-refractivity contribution in [2.45, 2.75) is 32.6 Å². The molecule has 0 aromatic heterocycles. The van der Waals surface area contributed by atoms with Gasteiger partial charge >= 0.3 is 5.97 Å². The number of nitrogens with one attached hydrogen (secondary N) is 1. The fourth-order valence-electron chi connectivity index (χ4n) is 2.37. The first-order valence-corrected chi connectivity index (χ1v) is 8.02. The molecule has 0 radical (unpaired) electrons. The van der Waals surface area contributed by atoms with E-state index in [2.05, 4.69) is 21.2 Å². The van der Waals surface area contributed by atoms with Gasteiger partial charge in [-0.3, -0.25) is 9.59 Å². The summed E-state index contributed by atoms with van der Waals surface area (Å²) < 4.78 is 1.00. The topological polar surface area (TPSA) is 66.4 Å². The van der Waals surface area contributed by atoms with Crippen LogP contribution in [-0.2, 0) is 16.0 Å². The third-order valence-electron chi connectivity index (χ3n) is 4.20. The molecule has 1 amide bonds. The number of amides is 1. The van der Waals surface area contributed by atoms with Crippen molar-refractivity contribution in [3.63, 3.8) is 0 Å². The van der Waals surface area contributed by atoms with Crippen LogP contribution in [0.3, 0.4) is 0 Å². The number of carbonyl (C=O) groups excluding carboxylic acids is 1. The number of benzene rings is 1. The molecule has 114 valence electrons. The van der Waals surface area contributed by atoms with Crippen LogP contribution < -0.4 is 5.32 Å². The minimum atomic E-state index is -0.804. The zero-order valence-electron chi connectivity index (χ0n) is 12.1. The van der Waals surface area contributed by atoms with E-state index in [0.717, 1.165) is 16.5 Å². The van der Waals surface area contributed by atoms with Crippen molar-refractivity contribution in [2.75, 3.05) is 6.54 Å². The molecule has 4 nitrogen and oxygen atoms in total. The number of hydrogen-bond acceptors (Lipinski definition) is 2. The third-order valence-corrected chi connectivity index (χ3v) is 4.97. The first-order valence-electron chi connectivity index (χ1n) is 7.23. The van der Waals surface area contributed by atoms with Gasteiger partial charge in [0.25, 0.3) is 0 Å². The Labute approximate surface area is 133 Å². The van der Waals surface area contributed by atoms with Crippen LogP contribution in [0.5, 0.6) is 0 Å². The highest BCUT2D eigenvalue weighted by Gasteiger charge is 2.50. The number of carboxylic acid groups (broad SMARTS) is 1. The lowest BCUT2D eigenvalue weighted by Gasteiger charge is -2.18. The van der Waals surface area contributed by atoms with Crippen LogP contribution in [0.25, 0.3) is 0 Å². The first-order chi connectivity index (χ1) is 9.98. The van der Waals surface area contributed by atoms with Gasteiger partial charge in [-0.2, -0.15) is 0 Å². The second-order valence-electron chi connectivity index (χ2n) is 5.70. The number of aliphatic carboxylic acids is 1. The monoisotopic (exact) mass is 353 g/mol. The quantitative estimate of drug-likeness (QED) is 0.791. The number of carboxylic acids is 1. The predicted octanol–water partition coefficient (Wildman–Crippen LogP) is 3.00. The molecule has 0 bridgehead atoms. The van der Waals surface area contributed by atoms with E-state index in [4.69, 9.17) is 5.11 Å². The van der Waals surface area contributed by atoms with Gasteiger partial charge in [0.1, 0.15) is 0 Å². The standard InChI is InChI=1S/C16H20BrNO3/c1-2-11(9-12-5-3-4-6-13(12)17)14(19)18-10-16(7-8-16)15(20)21/h3-6,11H,2,7-10H2,1H3,(H,18,19)(H,20,21). The molecule has 5 heteroatoms. The Morgan fingerprint density at radius 1 is 1.38 bits per heavy atom. The summed E-state index contributed by atoms with van der Waals surface area (Å²) in [5.74, 6) is -0.990. The normalized spacial score (nSPS) is 17.0. The maximum absolute atomic E-state index is 12.3. The third kappa shape index (κ3) is 3.84. The van der Waals surface area contributed by atoms with E-state index in [0.29, 0.717) is 19.3 Å². The van der Waals surface area contributed by atoms with E-state index in [-0.39, 0.29) is 18.4 Å². The fraction of sp³-hybridized carbons (Fsp3) is 0.500. The Balaban J connectivity index is 1.93. The van der Waals surface area contributed by atoms with Crippen LogP contribution in [0.1, 0.15) is 31.7 Å². The average Bonchev–Trinajstić information content (AvgIpc) is 3.25. The number of hydrogen-bond donors (Lipinski definition) is 2. The van der Waals surface area contributed by atoms with Crippen molar-refractivity contribution in [3.8, 4) is 0 Å². The Hall–Kier alpha value is -1.36. The molecule has 1 aliphatic carbocycles. The molecular formula is C16H20BrNO3. The summed E-state index contributed by atoms with van der Waals surface area (Å²) >= 11 is 3.49. The molecule has 1 aliphatic rings. The number of rotatable bonds is 7. The van der Waals surface area contributed by atoms with Crippen molar-refractivity contribution in [1.29, 1.82) is 0 Å². The molecule has 1 unspecified atom stereocenters. The lowest BCUT2D eigenvalue weighted by molar-refractivity contribution is -0.143. The molecule has 0 spiro atoms. The van der Waals surface area contributed by atoms with Crippen LogP contribution >= 0.6 is 15.9 Å². The van der Waals surface area contributed by atoms with Crippen LogP contribution in [-0.4, -0.2) is 23.5 Å². The Morgan fingerprint density at radius 3 is 2.57 bits per heavy atom. The van der Waals surface area contributed by atoms with Crippen LogP contribution in [0, 0.1) is 11.3 Å². The van der Waals surface area contributed by atoms with Gasteiger partial charge in [0.2, 0.25) is 5.91 Å². The lowest BCUT2D eigenvalue weighted by atomic mass is 9.95. The van der Waals surface area contributed by atoms with Gasteiger partial charge in [-0.15, -0.1) is 0 Å². The van der Waals surface area contributed by atoms with E-state index in [1.165, 1.54) is 0 Å². The van der Waals surface area contributed by atoms with E-state index < -0.39 is 11.4 Å². The predicted molar refractivity (Wildman–Crippen MR) is 83.9 cm³/mol. The molecule has 2 N–H and O–H groups in total. The first kappa shape index (κ1) is 16.0. The molecule has 0 heterocycles. The highest BCUT2D eigenvalue weighted by molar-refractivity contribution is 9.10. The van der Waals surface area contributed by atoms with Crippen LogP contribution in [0.4, 0.5) is 0 Å². The SMILES string of the molecule is CCC(Cc1ccccc1Br)C(=O)NCC1(C(=O)O)CC1. The molecule has 1 fully saturated rings. The summed E-state index contributed by atoms with van der Waals surface area (Å²) in [6.07, 6.45) is 2.70. The number of halogens is 1. The Morgan fingerprint density at radius 2 is 2.05 bits per heavy atom. The van der Waals surface area contributed by atoms with Gasteiger partial charge < -0.3 is 10.4 Å². The summed E-state index contributed by atoms with van der Waals surface area (Å²) in [4.78, 5) is 23.4.